The van der Waals surface area contributed by atoms with E-state index in [9.17, 15) is 13.2 Å². The number of anilines is 1. The van der Waals surface area contributed by atoms with Gasteiger partial charge >= 0.3 is 0 Å². The molecule has 1 aromatic rings. The van der Waals surface area contributed by atoms with Crippen molar-refractivity contribution in [3.63, 3.8) is 0 Å². The smallest absolute Gasteiger partial charge is 0.282 e. The van der Waals surface area contributed by atoms with E-state index in [1.165, 1.54) is 15.6 Å². The third-order valence-corrected chi connectivity index (χ3v) is 7.23. The summed E-state index contributed by atoms with van der Waals surface area (Å²) in [5, 5.41) is 2.38. The molecule has 0 saturated carbocycles. The Hall–Kier alpha value is -1.23. The SMILES string of the molecule is Nc1nc(CCC(=O)N2CCN(S(=O)(=O)N3CCCC3)CC2)cs1. The first kappa shape index (κ1) is 17.6. The number of piperazine rings is 1. The average Bonchev–Trinajstić information content (AvgIpc) is 3.24. The molecule has 0 spiro atoms. The molecule has 2 fully saturated rings. The lowest BCUT2D eigenvalue weighted by atomic mass is 10.2. The summed E-state index contributed by atoms with van der Waals surface area (Å²) in [6.07, 6.45) is 2.80. The molecule has 0 bridgehead atoms. The van der Waals surface area contributed by atoms with Crippen molar-refractivity contribution in [2.24, 2.45) is 0 Å². The zero-order chi connectivity index (χ0) is 17.2. The third kappa shape index (κ3) is 3.88. The van der Waals surface area contributed by atoms with Gasteiger partial charge in [0.05, 0.1) is 5.69 Å². The van der Waals surface area contributed by atoms with Gasteiger partial charge < -0.3 is 10.6 Å². The summed E-state index contributed by atoms with van der Waals surface area (Å²) < 4.78 is 28.1. The number of aryl methyl sites for hydroxylation is 1. The number of hydrogen-bond acceptors (Lipinski definition) is 6. The quantitative estimate of drug-likeness (QED) is 0.791. The zero-order valence-electron chi connectivity index (χ0n) is 13.6. The van der Waals surface area contributed by atoms with Crippen LogP contribution in [0.2, 0.25) is 0 Å². The van der Waals surface area contributed by atoms with Gasteiger partial charge in [0.1, 0.15) is 0 Å². The minimum absolute atomic E-state index is 0.0415. The normalized spacial score (nSPS) is 20.6. The summed E-state index contributed by atoms with van der Waals surface area (Å²) >= 11 is 1.37. The number of nitrogens with zero attached hydrogens (tertiary/aromatic N) is 4. The molecule has 1 aromatic heterocycles. The predicted molar refractivity (Wildman–Crippen MR) is 92.7 cm³/mol. The van der Waals surface area contributed by atoms with Gasteiger partial charge in [0, 0.05) is 51.1 Å². The molecule has 134 valence electrons. The molecule has 0 unspecified atom stereocenters. The number of thiazole rings is 1. The predicted octanol–water partition coefficient (Wildman–Crippen LogP) is 0.143. The van der Waals surface area contributed by atoms with Crippen LogP contribution in [0, 0.1) is 0 Å². The number of carbonyl (C=O) groups is 1. The maximum absolute atomic E-state index is 12.5. The molecule has 24 heavy (non-hydrogen) atoms. The van der Waals surface area contributed by atoms with E-state index in [2.05, 4.69) is 4.98 Å². The van der Waals surface area contributed by atoms with Crippen molar-refractivity contribution in [1.82, 2.24) is 18.5 Å². The van der Waals surface area contributed by atoms with E-state index in [1.807, 2.05) is 5.38 Å². The highest BCUT2D eigenvalue weighted by atomic mass is 32.2. The number of amides is 1. The fraction of sp³-hybridized carbons (Fsp3) is 0.714. The third-order valence-electron chi connectivity index (χ3n) is 4.47. The Bertz CT molecular complexity index is 676. The fourth-order valence-corrected chi connectivity index (χ4v) is 5.35. The lowest BCUT2D eigenvalue weighted by molar-refractivity contribution is -0.132. The number of rotatable bonds is 5. The van der Waals surface area contributed by atoms with E-state index >= 15 is 0 Å². The topological polar surface area (TPSA) is 99.8 Å². The molecule has 1 amide bonds. The van der Waals surface area contributed by atoms with Crippen LogP contribution in [-0.2, 0) is 21.4 Å². The van der Waals surface area contributed by atoms with Crippen LogP contribution in [0.5, 0.6) is 0 Å². The Morgan fingerprint density at radius 2 is 1.75 bits per heavy atom. The molecule has 2 N–H and O–H groups in total. The molecule has 2 saturated heterocycles. The van der Waals surface area contributed by atoms with Crippen LogP contribution in [0.25, 0.3) is 0 Å². The summed E-state index contributed by atoms with van der Waals surface area (Å²) in [6, 6.07) is 0. The molecule has 3 rings (SSSR count). The van der Waals surface area contributed by atoms with Crippen LogP contribution in [0.3, 0.4) is 0 Å². The number of nitrogen functional groups attached to an aromatic ring is 1. The molecule has 10 heteroatoms. The van der Waals surface area contributed by atoms with Crippen LogP contribution in [0.15, 0.2) is 5.38 Å². The first-order valence-electron chi connectivity index (χ1n) is 8.20. The van der Waals surface area contributed by atoms with Crippen LogP contribution < -0.4 is 5.73 Å². The zero-order valence-corrected chi connectivity index (χ0v) is 15.2. The molecule has 0 atom stereocenters. The Morgan fingerprint density at radius 3 is 2.33 bits per heavy atom. The molecule has 0 radical (unpaired) electrons. The molecule has 0 aromatic carbocycles. The van der Waals surface area contributed by atoms with E-state index in [0.29, 0.717) is 57.2 Å². The maximum Gasteiger partial charge on any atom is 0.282 e. The molecule has 3 heterocycles. The second kappa shape index (κ2) is 7.34. The highest BCUT2D eigenvalue weighted by Crippen LogP contribution is 2.19. The summed E-state index contributed by atoms with van der Waals surface area (Å²) in [5.41, 5.74) is 6.42. The van der Waals surface area contributed by atoms with E-state index in [4.69, 9.17) is 5.73 Å². The summed E-state index contributed by atoms with van der Waals surface area (Å²) in [4.78, 5) is 18.2. The Kier molecular flexibility index (Phi) is 5.38. The standard InChI is InChI=1S/C14H23N5O3S2/c15-14-16-12(11-23-14)3-4-13(20)17-7-9-19(10-8-17)24(21,22)18-5-1-2-6-18/h11H,1-10H2,(H2,15,16). The van der Waals surface area contributed by atoms with Gasteiger partial charge in [-0.3, -0.25) is 4.79 Å². The van der Waals surface area contributed by atoms with Crippen molar-refractivity contribution in [3.8, 4) is 0 Å². The van der Waals surface area contributed by atoms with E-state index in [-0.39, 0.29) is 5.91 Å². The van der Waals surface area contributed by atoms with Crippen molar-refractivity contribution >= 4 is 32.6 Å². The monoisotopic (exact) mass is 373 g/mol. The van der Waals surface area contributed by atoms with E-state index < -0.39 is 10.2 Å². The minimum atomic E-state index is -3.36. The Balaban J connectivity index is 1.48. The van der Waals surface area contributed by atoms with Crippen molar-refractivity contribution < 1.29 is 13.2 Å². The van der Waals surface area contributed by atoms with Gasteiger partial charge in [0.25, 0.3) is 10.2 Å². The van der Waals surface area contributed by atoms with Gasteiger partial charge in [0.2, 0.25) is 5.91 Å². The fourth-order valence-electron chi connectivity index (χ4n) is 3.08. The van der Waals surface area contributed by atoms with Gasteiger partial charge in [-0.05, 0) is 19.3 Å². The second-order valence-corrected chi connectivity index (χ2v) is 8.89. The van der Waals surface area contributed by atoms with Crippen molar-refractivity contribution in [2.75, 3.05) is 45.0 Å². The lowest BCUT2D eigenvalue weighted by Crippen LogP contribution is -2.53. The molecular formula is C14H23N5O3S2. The van der Waals surface area contributed by atoms with Crippen molar-refractivity contribution in [2.45, 2.75) is 25.7 Å². The highest BCUT2D eigenvalue weighted by Gasteiger charge is 2.34. The Labute approximate surface area is 146 Å². The van der Waals surface area contributed by atoms with Gasteiger partial charge in [-0.2, -0.15) is 17.0 Å². The van der Waals surface area contributed by atoms with Gasteiger partial charge in [-0.15, -0.1) is 11.3 Å². The second-order valence-electron chi connectivity index (χ2n) is 6.07. The summed E-state index contributed by atoms with van der Waals surface area (Å²) in [5.74, 6) is 0.0415. The van der Waals surface area contributed by atoms with Crippen LogP contribution in [-0.4, -0.2) is 72.1 Å². The molecule has 0 aliphatic carbocycles. The number of carbonyl (C=O) groups excluding carboxylic acids is 1. The molecule has 2 aliphatic rings. The Morgan fingerprint density at radius 1 is 1.12 bits per heavy atom. The largest absolute Gasteiger partial charge is 0.375 e. The van der Waals surface area contributed by atoms with Crippen molar-refractivity contribution in [1.29, 1.82) is 0 Å². The number of hydrogen-bond donors (Lipinski definition) is 1. The van der Waals surface area contributed by atoms with Crippen LogP contribution in [0.1, 0.15) is 25.0 Å². The lowest BCUT2D eigenvalue weighted by Gasteiger charge is -2.35. The number of aromatic nitrogens is 1. The van der Waals surface area contributed by atoms with Crippen molar-refractivity contribution in [3.05, 3.63) is 11.1 Å². The van der Waals surface area contributed by atoms with Gasteiger partial charge in [0.15, 0.2) is 5.13 Å². The first-order valence-corrected chi connectivity index (χ1v) is 10.5. The van der Waals surface area contributed by atoms with Crippen LogP contribution >= 0.6 is 11.3 Å². The number of nitrogens with two attached hydrogens (primary N) is 1. The highest BCUT2D eigenvalue weighted by molar-refractivity contribution is 7.86. The summed E-state index contributed by atoms with van der Waals surface area (Å²) in [6.45, 7) is 2.86. The molecular weight excluding hydrogens is 350 g/mol. The van der Waals surface area contributed by atoms with E-state index in [0.717, 1.165) is 18.5 Å². The van der Waals surface area contributed by atoms with Crippen LogP contribution in [0.4, 0.5) is 5.13 Å². The first-order chi connectivity index (χ1) is 11.5. The van der Waals surface area contributed by atoms with Gasteiger partial charge in [-0.25, -0.2) is 4.98 Å². The van der Waals surface area contributed by atoms with E-state index in [1.54, 1.807) is 9.21 Å². The maximum atomic E-state index is 12.5. The summed E-state index contributed by atoms with van der Waals surface area (Å²) in [7, 11) is -3.36. The average molecular weight is 374 g/mol. The molecule has 8 nitrogen and oxygen atoms in total. The molecule has 2 aliphatic heterocycles. The van der Waals surface area contributed by atoms with Gasteiger partial charge in [-0.1, -0.05) is 0 Å². The minimum Gasteiger partial charge on any atom is -0.375 e.